The number of aryl methyl sites for hydroxylation is 4. The van der Waals surface area contributed by atoms with E-state index in [1.54, 1.807) is 0 Å². The van der Waals surface area contributed by atoms with Crippen LogP contribution in [0.25, 0.3) is 55.4 Å². The van der Waals surface area contributed by atoms with Crippen LogP contribution < -0.4 is 4.57 Å². The van der Waals surface area contributed by atoms with Crippen LogP contribution in [0.2, 0.25) is 0 Å². The molecule has 0 aliphatic carbocycles. The molecule has 6 aromatic rings. The van der Waals surface area contributed by atoms with Crippen molar-refractivity contribution < 1.29 is 8.98 Å². The molecule has 0 spiro atoms. The van der Waals surface area contributed by atoms with Crippen LogP contribution in [0, 0.1) is 32.1 Å². The van der Waals surface area contributed by atoms with Gasteiger partial charge in [0, 0.05) is 28.5 Å². The summed E-state index contributed by atoms with van der Waals surface area (Å²) in [5, 5.41) is 12.3. The van der Waals surface area contributed by atoms with Crippen LogP contribution in [0.15, 0.2) is 89.5 Å². The fourth-order valence-electron chi connectivity index (χ4n) is 5.82. The lowest BCUT2D eigenvalue weighted by Gasteiger charge is -2.12. The van der Waals surface area contributed by atoms with Crippen LogP contribution in [-0.2, 0) is 7.05 Å². The summed E-state index contributed by atoms with van der Waals surface area (Å²) in [5.74, 6) is 0.422. The molecule has 0 fully saturated rings. The van der Waals surface area contributed by atoms with Crippen molar-refractivity contribution in [1.82, 2.24) is 0 Å². The van der Waals surface area contributed by atoms with Gasteiger partial charge in [-0.3, -0.25) is 0 Å². The highest BCUT2D eigenvalue weighted by atomic mass is 16.3. The fraction of sp³-hybridized carbons (Fsp3) is 0.189. The number of furan rings is 1. The number of benzene rings is 4. The van der Waals surface area contributed by atoms with Gasteiger partial charge in [0.15, 0.2) is 6.20 Å². The molecular formula is C37H33N2O+. The van der Waals surface area contributed by atoms with E-state index < -0.39 is 0 Å². The minimum absolute atomic E-state index is 0.422. The summed E-state index contributed by atoms with van der Waals surface area (Å²) < 4.78 is 8.99. The monoisotopic (exact) mass is 521 g/mol. The SMILES string of the molecule is Cc1cccc(-c2ccc(-c3c(C#N)ccc4c3oc3c(-c5cc(C(C)C)cc[n+]5C)c(C)ccc34)c(C)c2)c1. The molecule has 0 aliphatic rings. The molecule has 0 saturated heterocycles. The van der Waals surface area contributed by atoms with E-state index in [-0.39, 0.29) is 0 Å². The maximum Gasteiger partial charge on any atom is 0.216 e. The van der Waals surface area contributed by atoms with Crippen LogP contribution in [0.4, 0.5) is 0 Å². The van der Waals surface area contributed by atoms with Gasteiger partial charge in [-0.25, -0.2) is 4.57 Å². The smallest absolute Gasteiger partial charge is 0.216 e. The van der Waals surface area contributed by atoms with Gasteiger partial charge in [0.25, 0.3) is 0 Å². The van der Waals surface area contributed by atoms with Gasteiger partial charge >= 0.3 is 0 Å². The van der Waals surface area contributed by atoms with Crippen LogP contribution in [0.3, 0.4) is 0 Å². The predicted molar refractivity (Wildman–Crippen MR) is 164 cm³/mol. The topological polar surface area (TPSA) is 40.8 Å². The van der Waals surface area contributed by atoms with Gasteiger partial charge in [-0.05, 0) is 72.2 Å². The average molecular weight is 522 g/mol. The van der Waals surface area contributed by atoms with Crippen LogP contribution in [-0.4, -0.2) is 0 Å². The molecule has 0 amide bonds. The number of fused-ring (bicyclic) bond motifs is 3. The Hall–Kier alpha value is -4.68. The standard InChI is InChI=1S/C37H33N2O/c1-22(2)26-16-17-39(6)33(20-26)34-24(4)10-13-31-32-15-12-29(21-38)35(37(32)40-36(31)34)30-14-11-28(19-25(30)5)27-9-7-8-23(3)18-27/h7-20,22H,1-6H3/q+1. The van der Waals surface area contributed by atoms with Gasteiger partial charge in [-0.2, -0.15) is 5.26 Å². The van der Waals surface area contributed by atoms with Gasteiger partial charge in [-0.15, -0.1) is 0 Å². The summed E-state index contributed by atoms with van der Waals surface area (Å²) >= 11 is 0. The molecule has 2 aromatic heterocycles. The highest BCUT2D eigenvalue weighted by molar-refractivity contribution is 6.14. The third kappa shape index (κ3) is 4.17. The number of nitriles is 1. The summed E-state index contributed by atoms with van der Waals surface area (Å²) in [6.07, 6.45) is 2.13. The van der Waals surface area contributed by atoms with E-state index in [1.807, 2.05) is 12.1 Å². The van der Waals surface area contributed by atoms with Gasteiger partial charge in [-0.1, -0.05) is 74.0 Å². The van der Waals surface area contributed by atoms with Crippen molar-refractivity contribution in [3.63, 3.8) is 0 Å². The van der Waals surface area contributed by atoms with Crippen LogP contribution in [0.5, 0.6) is 0 Å². The largest absolute Gasteiger partial charge is 0.454 e. The maximum absolute atomic E-state index is 10.2. The molecule has 0 aliphatic heterocycles. The first-order valence-corrected chi connectivity index (χ1v) is 13.8. The van der Waals surface area contributed by atoms with E-state index in [0.29, 0.717) is 11.5 Å². The van der Waals surface area contributed by atoms with E-state index in [2.05, 4.69) is 125 Å². The fourth-order valence-corrected chi connectivity index (χ4v) is 5.82. The van der Waals surface area contributed by atoms with Crippen molar-refractivity contribution in [2.24, 2.45) is 7.05 Å². The van der Waals surface area contributed by atoms with Gasteiger partial charge in [0.1, 0.15) is 18.2 Å². The molecule has 0 N–H and O–H groups in total. The first-order chi connectivity index (χ1) is 19.3. The molecule has 0 radical (unpaired) electrons. The Labute approximate surface area is 236 Å². The molecule has 0 atom stereocenters. The van der Waals surface area contributed by atoms with Gasteiger partial charge in [0.05, 0.1) is 17.2 Å². The zero-order valence-corrected chi connectivity index (χ0v) is 24.0. The molecule has 0 unspecified atom stereocenters. The normalized spacial score (nSPS) is 11.4. The van der Waals surface area contributed by atoms with E-state index in [1.165, 1.54) is 16.7 Å². The van der Waals surface area contributed by atoms with Crippen molar-refractivity contribution in [1.29, 1.82) is 5.26 Å². The van der Waals surface area contributed by atoms with Crippen molar-refractivity contribution >= 4 is 21.9 Å². The molecule has 196 valence electrons. The molecule has 0 bridgehead atoms. The summed E-state index contributed by atoms with van der Waals surface area (Å²) in [5.41, 5.74) is 13.5. The first-order valence-electron chi connectivity index (χ1n) is 13.8. The number of aromatic nitrogens is 1. The summed E-state index contributed by atoms with van der Waals surface area (Å²) in [6.45, 7) is 10.8. The molecule has 40 heavy (non-hydrogen) atoms. The van der Waals surface area contributed by atoms with E-state index in [9.17, 15) is 5.26 Å². The zero-order valence-electron chi connectivity index (χ0n) is 24.0. The lowest BCUT2D eigenvalue weighted by atomic mass is 9.91. The first kappa shape index (κ1) is 25.6. The lowest BCUT2D eigenvalue weighted by molar-refractivity contribution is -0.660. The van der Waals surface area contributed by atoms with Crippen LogP contribution >= 0.6 is 0 Å². The van der Waals surface area contributed by atoms with E-state index in [0.717, 1.165) is 61.0 Å². The van der Waals surface area contributed by atoms with Crippen molar-refractivity contribution in [2.75, 3.05) is 0 Å². The van der Waals surface area contributed by atoms with Crippen molar-refractivity contribution in [2.45, 2.75) is 40.5 Å². The van der Waals surface area contributed by atoms with Gasteiger partial charge in [0.2, 0.25) is 5.69 Å². The number of nitrogens with zero attached hydrogens (tertiary/aromatic N) is 2. The molecule has 6 rings (SSSR count). The summed E-state index contributed by atoms with van der Waals surface area (Å²) in [6, 6.07) is 30.2. The minimum Gasteiger partial charge on any atom is -0.454 e. The minimum atomic E-state index is 0.422. The zero-order chi connectivity index (χ0) is 28.1. The number of rotatable bonds is 4. The summed E-state index contributed by atoms with van der Waals surface area (Å²) in [7, 11) is 2.08. The molecule has 2 heterocycles. The quantitative estimate of drug-likeness (QED) is 0.217. The van der Waals surface area contributed by atoms with Gasteiger partial charge < -0.3 is 4.42 Å². The Bertz CT molecular complexity index is 1980. The van der Waals surface area contributed by atoms with E-state index in [4.69, 9.17) is 4.42 Å². The van der Waals surface area contributed by atoms with E-state index >= 15 is 0 Å². The highest BCUT2D eigenvalue weighted by Crippen LogP contribution is 2.43. The van der Waals surface area contributed by atoms with Crippen LogP contribution in [0.1, 0.15) is 47.6 Å². The second kappa shape index (κ2) is 9.81. The lowest BCUT2D eigenvalue weighted by Crippen LogP contribution is -2.31. The second-order valence-corrected chi connectivity index (χ2v) is 11.2. The summed E-state index contributed by atoms with van der Waals surface area (Å²) in [4.78, 5) is 0. The third-order valence-corrected chi connectivity index (χ3v) is 8.08. The Balaban J connectivity index is 1.62. The van der Waals surface area contributed by atoms with Crippen molar-refractivity contribution in [3.05, 3.63) is 113 Å². The molecular weight excluding hydrogens is 488 g/mol. The average Bonchev–Trinajstić information content (AvgIpc) is 3.31. The predicted octanol–water partition coefficient (Wildman–Crippen LogP) is 9.33. The highest BCUT2D eigenvalue weighted by Gasteiger charge is 2.24. The Morgan fingerprint density at radius 2 is 1.48 bits per heavy atom. The number of hydrogen-bond acceptors (Lipinski definition) is 2. The second-order valence-electron chi connectivity index (χ2n) is 11.2. The van der Waals surface area contributed by atoms with Crippen molar-refractivity contribution in [3.8, 4) is 39.6 Å². The third-order valence-electron chi connectivity index (χ3n) is 8.08. The molecule has 3 nitrogen and oxygen atoms in total. The maximum atomic E-state index is 10.2. The molecule has 3 heteroatoms. The molecule has 0 saturated carbocycles. The number of pyridine rings is 1. The Morgan fingerprint density at radius 1 is 0.750 bits per heavy atom. The Morgan fingerprint density at radius 3 is 2.17 bits per heavy atom. The number of hydrogen-bond donors (Lipinski definition) is 0. The molecule has 4 aromatic carbocycles. The Kier molecular flexibility index (Phi) is 6.28.